The average Bonchev–Trinajstić information content (AvgIpc) is 2.58. The largest absolute Gasteiger partial charge is 0.507 e. The molecule has 0 spiro atoms. The van der Waals surface area contributed by atoms with E-state index in [4.69, 9.17) is 0 Å². The number of aryl methyl sites for hydroxylation is 4. The third-order valence-corrected chi connectivity index (χ3v) is 5.65. The zero-order valence-electron chi connectivity index (χ0n) is 16.5. The summed E-state index contributed by atoms with van der Waals surface area (Å²) in [4.78, 5) is 0. The number of hydrogen-bond donors (Lipinski definition) is 2. The van der Waals surface area contributed by atoms with Crippen molar-refractivity contribution in [3.63, 3.8) is 0 Å². The highest BCUT2D eigenvalue weighted by Gasteiger charge is 2.33. The van der Waals surface area contributed by atoms with Crippen LogP contribution in [0.1, 0.15) is 72.9 Å². The van der Waals surface area contributed by atoms with Crippen LogP contribution in [0.3, 0.4) is 0 Å². The van der Waals surface area contributed by atoms with Crippen molar-refractivity contribution >= 4 is 0 Å². The summed E-state index contributed by atoms with van der Waals surface area (Å²) in [5.41, 5.74) is 6.14. The van der Waals surface area contributed by atoms with Crippen molar-refractivity contribution in [2.45, 2.75) is 72.6 Å². The SMILES string of the molecule is CCCCC(CC)(c1cc(C)c(O)c(C)c1)c1cc(C)c(O)c(C)c1. The maximum absolute atomic E-state index is 10.2. The Bertz CT molecular complexity index is 655. The molecule has 136 valence electrons. The predicted octanol–water partition coefficient (Wildman–Crippen LogP) is 6.22. The Morgan fingerprint density at radius 2 is 1.08 bits per heavy atom. The summed E-state index contributed by atoms with van der Waals surface area (Å²) in [5.74, 6) is 0.782. The lowest BCUT2D eigenvalue weighted by Gasteiger charge is -2.36. The van der Waals surface area contributed by atoms with Gasteiger partial charge in [-0.25, -0.2) is 0 Å². The van der Waals surface area contributed by atoms with Gasteiger partial charge in [0.2, 0.25) is 0 Å². The van der Waals surface area contributed by atoms with Crippen molar-refractivity contribution in [2.24, 2.45) is 0 Å². The van der Waals surface area contributed by atoms with E-state index in [2.05, 4.69) is 38.1 Å². The van der Waals surface area contributed by atoms with Gasteiger partial charge >= 0.3 is 0 Å². The number of rotatable bonds is 6. The Kier molecular flexibility index (Phi) is 5.82. The molecule has 0 bridgehead atoms. The van der Waals surface area contributed by atoms with Crippen LogP contribution in [0.2, 0.25) is 0 Å². The number of phenols is 2. The van der Waals surface area contributed by atoms with Crippen LogP contribution in [0.5, 0.6) is 11.5 Å². The Balaban J connectivity index is 2.74. The summed E-state index contributed by atoms with van der Waals surface area (Å²) in [7, 11) is 0. The molecule has 0 amide bonds. The molecule has 2 aromatic rings. The zero-order valence-corrected chi connectivity index (χ0v) is 16.5. The molecular formula is C23H32O2. The van der Waals surface area contributed by atoms with E-state index >= 15 is 0 Å². The Morgan fingerprint density at radius 3 is 1.36 bits per heavy atom. The summed E-state index contributed by atoms with van der Waals surface area (Å²) < 4.78 is 0. The number of hydrogen-bond acceptors (Lipinski definition) is 2. The van der Waals surface area contributed by atoms with Gasteiger partial charge in [-0.2, -0.15) is 0 Å². The first-order valence-electron chi connectivity index (χ1n) is 9.38. The molecule has 0 unspecified atom stereocenters. The average molecular weight is 341 g/mol. The quantitative estimate of drug-likeness (QED) is 0.655. The van der Waals surface area contributed by atoms with Crippen molar-refractivity contribution in [3.05, 3.63) is 57.6 Å². The first-order valence-corrected chi connectivity index (χ1v) is 9.38. The second-order valence-corrected chi connectivity index (χ2v) is 7.46. The van der Waals surface area contributed by atoms with E-state index < -0.39 is 0 Å². The summed E-state index contributed by atoms with van der Waals surface area (Å²) in [5, 5.41) is 20.4. The van der Waals surface area contributed by atoms with Gasteiger partial charge in [0.05, 0.1) is 0 Å². The van der Waals surface area contributed by atoms with Crippen molar-refractivity contribution in [3.8, 4) is 11.5 Å². The highest BCUT2D eigenvalue weighted by atomic mass is 16.3. The molecule has 0 aliphatic heterocycles. The maximum atomic E-state index is 10.2. The van der Waals surface area contributed by atoms with Gasteiger partial charge in [-0.3, -0.25) is 0 Å². The molecule has 2 heteroatoms. The van der Waals surface area contributed by atoms with Crippen molar-refractivity contribution in [1.29, 1.82) is 0 Å². The molecule has 0 fully saturated rings. The highest BCUT2D eigenvalue weighted by molar-refractivity contribution is 5.52. The standard InChI is InChI=1S/C23H32O2/c1-7-9-10-23(8-2,19-11-15(3)21(24)16(4)12-19)20-13-17(5)22(25)18(6)14-20/h11-14,24-25H,7-10H2,1-6H3. The van der Waals surface area contributed by atoms with Crippen LogP contribution >= 0.6 is 0 Å². The fourth-order valence-electron chi connectivity index (χ4n) is 3.98. The Morgan fingerprint density at radius 1 is 0.720 bits per heavy atom. The van der Waals surface area contributed by atoms with Crippen LogP contribution in [0, 0.1) is 27.7 Å². The molecule has 2 aromatic carbocycles. The second-order valence-electron chi connectivity index (χ2n) is 7.46. The number of unbranched alkanes of at least 4 members (excludes halogenated alkanes) is 1. The molecule has 0 aromatic heterocycles. The molecule has 0 saturated heterocycles. The number of phenolic OH excluding ortho intramolecular Hbond substituents is 2. The van der Waals surface area contributed by atoms with Crippen LogP contribution in [-0.2, 0) is 5.41 Å². The fourth-order valence-corrected chi connectivity index (χ4v) is 3.98. The van der Waals surface area contributed by atoms with Gasteiger partial charge in [0.15, 0.2) is 0 Å². The van der Waals surface area contributed by atoms with E-state index in [1.807, 2.05) is 27.7 Å². The molecule has 0 radical (unpaired) electrons. The normalized spacial score (nSPS) is 11.8. The third kappa shape index (κ3) is 3.53. The number of benzene rings is 2. The smallest absolute Gasteiger partial charge is 0.121 e. The number of aromatic hydroxyl groups is 2. The second kappa shape index (κ2) is 7.51. The molecule has 0 saturated carbocycles. The molecule has 0 aliphatic rings. The third-order valence-electron chi connectivity index (χ3n) is 5.65. The van der Waals surface area contributed by atoms with Gasteiger partial charge in [0, 0.05) is 5.41 Å². The molecule has 25 heavy (non-hydrogen) atoms. The van der Waals surface area contributed by atoms with Gasteiger partial charge in [-0.1, -0.05) is 51.0 Å². The van der Waals surface area contributed by atoms with Crippen LogP contribution in [0.25, 0.3) is 0 Å². The topological polar surface area (TPSA) is 40.5 Å². The molecule has 2 rings (SSSR count). The minimum absolute atomic E-state index is 0.0948. The first kappa shape index (κ1) is 19.4. The lowest BCUT2D eigenvalue weighted by atomic mass is 9.68. The summed E-state index contributed by atoms with van der Waals surface area (Å²) >= 11 is 0. The maximum Gasteiger partial charge on any atom is 0.121 e. The molecule has 0 aliphatic carbocycles. The monoisotopic (exact) mass is 340 g/mol. The Hall–Kier alpha value is -1.96. The summed E-state index contributed by atoms with van der Waals surface area (Å²) in [6.45, 7) is 12.4. The van der Waals surface area contributed by atoms with Gasteiger partial charge in [0.1, 0.15) is 11.5 Å². The van der Waals surface area contributed by atoms with Gasteiger partial charge in [0.25, 0.3) is 0 Å². The minimum Gasteiger partial charge on any atom is -0.507 e. The fraction of sp³-hybridized carbons (Fsp3) is 0.478. The van der Waals surface area contributed by atoms with Crippen LogP contribution in [0.15, 0.2) is 24.3 Å². The van der Waals surface area contributed by atoms with E-state index in [0.717, 1.165) is 47.9 Å². The lowest BCUT2D eigenvalue weighted by Crippen LogP contribution is -2.27. The summed E-state index contributed by atoms with van der Waals surface area (Å²) in [6.07, 6.45) is 4.34. The van der Waals surface area contributed by atoms with E-state index in [1.54, 1.807) is 0 Å². The summed E-state index contributed by atoms with van der Waals surface area (Å²) in [6, 6.07) is 8.55. The van der Waals surface area contributed by atoms with E-state index in [-0.39, 0.29) is 5.41 Å². The van der Waals surface area contributed by atoms with E-state index in [0.29, 0.717) is 11.5 Å². The van der Waals surface area contributed by atoms with Crippen LogP contribution < -0.4 is 0 Å². The van der Waals surface area contributed by atoms with E-state index in [1.165, 1.54) is 11.1 Å². The van der Waals surface area contributed by atoms with Crippen LogP contribution in [0.4, 0.5) is 0 Å². The van der Waals surface area contributed by atoms with E-state index in [9.17, 15) is 10.2 Å². The van der Waals surface area contributed by atoms with Crippen molar-refractivity contribution in [2.75, 3.05) is 0 Å². The molecule has 2 nitrogen and oxygen atoms in total. The van der Waals surface area contributed by atoms with Crippen LogP contribution in [-0.4, -0.2) is 10.2 Å². The molecule has 0 heterocycles. The van der Waals surface area contributed by atoms with Crippen molar-refractivity contribution in [1.82, 2.24) is 0 Å². The van der Waals surface area contributed by atoms with Gasteiger partial charge < -0.3 is 10.2 Å². The predicted molar refractivity (Wildman–Crippen MR) is 106 cm³/mol. The highest BCUT2D eigenvalue weighted by Crippen LogP contribution is 2.44. The van der Waals surface area contributed by atoms with Crippen molar-refractivity contribution < 1.29 is 10.2 Å². The van der Waals surface area contributed by atoms with Gasteiger partial charge in [-0.15, -0.1) is 0 Å². The molecule has 0 atom stereocenters. The van der Waals surface area contributed by atoms with Gasteiger partial charge in [-0.05, 0) is 73.9 Å². The molecule has 2 N–H and O–H groups in total. The Labute approximate surface area is 152 Å². The minimum atomic E-state index is -0.0948. The zero-order chi connectivity index (χ0) is 18.8. The molecular weight excluding hydrogens is 308 g/mol. The first-order chi connectivity index (χ1) is 11.8. The lowest BCUT2D eigenvalue weighted by molar-refractivity contribution is 0.429.